The zero-order valence-corrected chi connectivity index (χ0v) is 18.4. The van der Waals surface area contributed by atoms with E-state index in [1.54, 1.807) is 0 Å². The zero-order chi connectivity index (χ0) is 23.2. The second kappa shape index (κ2) is 14.1. The summed E-state index contributed by atoms with van der Waals surface area (Å²) >= 11 is 0. The van der Waals surface area contributed by atoms with Crippen molar-refractivity contribution in [3.8, 4) is 17.2 Å². The van der Waals surface area contributed by atoms with Crippen molar-refractivity contribution in [3.05, 3.63) is 17.7 Å². The normalized spacial score (nSPS) is 11.5. The van der Waals surface area contributed by atoms with Crippen molar-refractivity contribution in [3.63, 3.8) is 0 Å². The van der Waals surface area contributed by atoms with Crippen LogP contribution in [0.15, 0.2) is 12.1 Å². The van der Waals surface area contributed by atoms with Gasteiger partial charge in [-0.05, 0) is 37.8 Å². The number of carbonyl (C=O) groups excluding carboxylic acids is 1. The molecule has 3 N–H and O–H groups in total. The summed E-state index contributed by atoms with van der Waals surface area (Å²) in [5.41, 5.74) is 0.215. The van der Waals surface area contributed by atoms with Crippen LogP contribution in [-0.4, -0.2) is 53.9 Å². The lowest BCUT2D eigenvalue weighted by Crippen LogP contribution is -2.37. The fourth-order valence-electron chi connectivity index (χ4n) is 2.70. The minimum Gasteiger partial charge on any atom is -0.490 e. The van der Waals surface area contributed by atoms with Gasteiger partial charge in [-0.15, -0.1) is 0 Å². The predicted octanol–water partition coefficient (Wildman–Crippen LogP) is 3.49. The molecule has 0 aliphatic heterocycles. The summed E-state index contributed by atoms with van der Waals surface area (Å²) in [4.78, 5) is 34.8. The summed E-state index contributed by atoms with van der Waals surface area (Å²) in [5, 5.41) is 20.6. The Labute approximate surface area is 182 Å². The third-order valence-electron chi connectivity index (χ3n) is 4.12. The predicted molar refractivity (Wildman–Crippen MR) is 114 cm³/mol. The van der Waals surface area contributed by atoms with Crippen molar-refractivity contribution < 1.29 is 38.8 Å². The minimum absolute atomic E-state index is 0.00342. The second-order valence-electron chi connectivity index (χ2n) is 7.05. The molecule has 1 aromatic carbocycles. The number of hydrogen-bond donors (Lipinski definition) is 3. The van der Waals surface area contributed by atoms with Gasteiger partial charge in [-0.3, -0.25) is 14.4 Å². The molecular formula is C22H33NO8. The topological polar surface area (TPSA) is 131 Å². The lowest BCUT2D eigenvalue weighted by atomic mass is 10.1. The van der Waals surface area contributed by atoms with Gasteiger partial charge in [0.2, 0.25) is 5.75 Å². The molecule has 0 aromatic heterocycles. The number of carboxylic acids is 2. The maximum absolute atomic E-state index is 12.9. The first-order valence-corrected chi connectivity index (χ1v) is 10.6. The van der Waals surface area contributed by atoms with E-state index in [9.17, 15) is 14.4 Å². The quantitative estimate of drug-likeness (QED) is 0.357. The molecule has 1 atom stereocenters. The number of carboxylic acid groups (broad SMARTS) is 2. The van der Waals surface area contributed by atoms with Crippen molar-refractivity contribution in [1.29, 1.82) is 0 Å². The molecule has 9 heteroatoms. The van der Waals surface area contributed by atoms with Gasteiger partial charge in [-0.2, -0.15) is 0 Å². The van der Waals surface area contributed by atoms with Gasteiger partial charge in [0, 0.05) is 18.0 Å². The summed E-state index contributed by atoms with van der Waals surface area (Å²) in [7, 11) is 0. The molecule has 0 spiro atoms. The van der Waals surface area contributed by atoms with Crippen LogP contribution < -0.4 is 19.5 Å². The molecule has 1 rings (SSSR count). The van der Waals surface area contributed by atoms with Crippen molar-refractivity contribution in [1.82, 2.24) is 5.32 Å². The zero-order valence-electron chi connectivity index (χ0n) is 18.4. The van der Waals surface area contributed by atoms with Gasteiger partial charge < -0.3 is 29.7 Å². The van der Waals surface area contributed by atoms with E-state index in [0.717, 1.165) is 19.3 Å². The molecule has 0 saturated carbocycles. The Hall–Kier alpha value is -2.97. The number of rotatable bonds is 16. The monoisotopic (exact) mass is 439 g/mol. The Morgan fingerprint density at radius 3 is 1.84 bits per heavy atom. The van der Waals surface area contributed by atoms with Crippen molar-refractivity contribution in [2.24, 2.45) is 0 Å². The highest BCUT2D eigenvalue weighted by Gasteiger charge is 2.22. The first-order chi connectivity index (χ1) is 14.8. The highest BCUT2D eigenvalue weighted by atomic mass is 16.5. The number of aliphatic carboxylic acids is 2. The van der Waals surface area contributed by atoms with Crippen LogP contribution >= 0.6 is 0 Å². The number of benzene rings is 1. The molecule has 0 heterocycles. The summed E-state index contributed by atoms with van der Waals surface area (Å²) in [6, 6.07) is 2.24. The molecule has 0 aliphatic carbocycles. The highest BCUT2D eigenvalue weighted by Crippen LogP contribution is 2.39. The van der Waals surface area contributed by atoms with E-state index in [1.807, 2.05) is 20.8 Å². The summed E-state index contributed by atoms with van der Waals surface area (Å²) < 4.78 is 17.4. The average molecular weight is 440 g/mol. The van der Waals surface area contributed by atoms with E-state index in [0.29, 0.717) is 37.1 Å². The molecule has 0 saturated heterocycles. The molecule has 0 bridgehead atoms. The molecular weight excluding hydrogens is 406 g/mol. The first kappa shape index (κ1) is 26.1. The van der Waals surface area contributed by atoms with Crippen LogP contribution in [0, 0.1) is 0 Å². The molecule has 31 heavy (non-hydrogen) atoms. The maximum Gasteiger partial charge on any atom is 0.305 e. The van der Waals surface area contributed by atoms with Crippen LogP contribution in [0.5, 0.6) is 17.2 Å². The lowest BCUT2D eigenvalue weighted by molar-refractivity contribution is -0.139. The smallest absolute Gasteiger partial charge is 0.305 e. The largest absolute Gasteiger partial charge is 0.490 e. The van der Waals surface area contributed by atoms with Gasteiger partial charge in [-0.25, -0.2) is 0 Å². The van der Waals surface area contributed by atoms with Crippen LogP contribution in [0.1, 0.15) is 69.7 Å². The Morgan fingerprint density at radius 1 is 0.871 bits per heavy atom. The minimum atomic E-state index is -1.13. The molecule has 0 aliphatic rings. The SMILES string of the molecule is CCCOc1cc(C(=O)NC(CCC(=O)O)CC(=O)O)cc(OCCC)c1OCCC. The van der Waals surface area contributed by atoms with E-state index in [4.69, 9.17) is 24.4 Å². The van der Waals surface area contributed by atoms with Crippen LogP contribution in [0.25, 0.3) is 0 Å². The Bertz CT molecular complexity index is 705. The van der Waals surface area contributed by atoms with Gasteiger partial charge >= 0.3 is 11.9 Å². The molecule has 1 amide bonds. The van der Waals surface area contributed by atoms with Gasteiger partial charge in [0.25, 0.3) is 5.91 Å². The number of ether oxygens (including phenoxy) is 3. The second-order valence-corrected chi connectivity index (χ2v) is 7.05. The number of amides is 1. The summed E-state index contributed by atoms with van der Waals surface area (Å²) in [6.07, 6.45) is 1.66. The molecule has 9 nitrogen and oxygen atoms in total. The highest BCUT2D eigenvalue weighted by molar-refractivity contribution is 5.96. The Morgan fingerprint density at radius 2 is 1.39 bits per heavy atom. The van der Waals surface area contributed by atoms with Gasteiger partial charge in [0.05, 0.1) is 26.2 Å². The molecule has 174 valence electrons. The lowest BCUT2D eigenvalue weighted by Gasteiger charge is -2.20. The van der Waals surface area contributed by atoms with Gasteiger partial charge in [0.1, 0.15) is 0 Å². The van der Waals surface area contributed by atoms with E-state index < -0.39 is 23.9 Å². The molecule has 1 aromatic rings. The van der Waals surface area contributed by atoms with Gasteiger partial charge in [-0.1, -0.05) is 20.8 Å². The van der Waals surface area contributed by atoms with Crippen LogP contribution in [0.3, 0.4) is 0 Å². The standard InChI is InChI=1S/C22H33NO8/c1-4-9-29-17-12-15(13-18(30-10-5-2)21(17)31-11-6-3)22(28)23-16(14-20(26)27)7-8-19(24)25/h12-13,16H,4-11,14H2,1-3H3,(H,23,28)(H,24,25)(H,26,27). The summed E-state index contributed by atoms with van der Waals surface area (Å²) in [5.74, 6) is -1.57. The average Bonchev–Trinajstić information content (AvgIpc) is 2.72. The molecule has 1 unspecified atom stereocenters. The third kappa shape index (κ3) is 9.59. The van der Waals surface area contributed by atoms with E-state index in [2.05, 4.69) is 5.32 Å². The maximum atomic E-state index is 12.9. The van der Waals surface area contributed by atoms with E-state index >= 15 is 0 Å². The van der Waals surface area contributed by atoms with Crippen LogP contribution in [-0.2, 0) is 9.59 Å². The fraction of sp³-hybridized carbons (Fsp3) is 0.591. The van der Waals surface area contributed by atoms with Gasteiger partial charge in [0.15, 0.2) is 11.5 Å². The molecule has 0 fully saturated rings. The number of carbonyl (C=O) groups is 3. The number of hydrogen-bond acceptors (Lipinski definition) is 6. The fourth-order valence-corrected chi connectivity index (χ4v) is 2.70. The summed E-state index contributed by atoms with van der Waals surface area (Å²) in [6.45, 7) is 7.17. The Kier molecular flexibility index (Phi) is 11.9. The third-order valence-corrected chi connectivity index (χ3v) is 4.12. The van der Waals surface area contributed by atoms with E-state index in [1.165, 1.54) is 12.1 Å². The van der Waals surface area contributed by atoms with Crippen LogP contribution in [0.2, 0.25) is 0 Å². The Balaban J connectivity index is 3.21. The number of nitrogens with one attached hydrogen (secondary N) is 1. The van der Waals surface area contributed by atoms with Crippen molar-refractivity contribution in [2.75, 3.05) is 19.8 Å². The van der Waals surface area contributed by atoms with Crippen molar-refractivity contribution >= 4 is 17.8 Å². The van der Waals surface area contributed by atoms with Crippen molar-refractivity contribution in [2.45, 2.75) is 65.3 Å². The van der Waals surface area contributed by atoms with E-state index in [-0.39, 0.29) is 24.8 Å². The van der Waals surface area contributed by atoms with Crippen LogP contribution in [0.4, 0.5) is 0 Å². The molecule has 0 radical (unpaired) electrons. The first-order valence-electron chi connectivity index (χ1n) is 10.6.